The minimum Gasteiger partial charge on any atom is -0.343 e. The van der Waals surface area contributed by atoms with Crippen LogP contribution in [0.4, 0.5) is 0 Å². The van der Waals surface area contributed by atoms with Gasteiger partial charge in [-0.3, -0.25) is 28.8 Å². The molecule has 0 spiro atoms. The van der Waals surface area contributed by atoms with E-state index in [2.05, 4.69) is 68.3 Å². The summed E-state index contributed by atoms with van der Waals surface area (Å²) in [5.41, 5.74) is 8.15. The van der Waals surface area contributed by atoms with E-state index in [1.807, 2.05) is 133 Å². The molecule has 14 nitrogen and oxygen atoms in total. The molecular formula is C65H76N8O6S2. The van der Waals surface area contributed by atoms with E-state index in [1.165, 1.54) is 0 Å². The van der Waals surface area contributed by atoms with Crippen LogP contribution in [0, 0.1) is 0 Å². The van der Waals surface area contributed by atoms with Crippen LogP contribution in [0.2, 0.25) is 0 Å². The minimum atomic E-state index is -0.849. The van der Waals surface area contributed by atoms with Crippen LogP contribution in [0.1, 0.15) is 96.1 Å². The molecule has 6 atom stereocenters. The van der Waals surface area contributed by atoms with Crippen molar-refractivity contribution >= 4 is 59.0 Å². The molecule has 6 N–H and O–H groups in total. The fraction of sp³-hybridized carbons (Fsp3) is 0.354. The molecule has 2 aliphatic heterocycles. The molecule has 8 rings (SSSR count). The summed E-state index contributed by atoms with van der Waals surface area (Å²) >= 11 is 3.12. The third kappa shape index (κ3) is 16.5. The molecule has 6 aromatic carbocycles. The maximum absolute atomic E-state index is 14.5. The van der Waals surface area contributed by atoms with Crippen LogP contribution in [-0.2, 0) is 46.7 Å². The molecule has 424 valence electrons. The highest BCUT2D eigenvalue weighted by molar-refractivity contribution is 7.98. The number of hydrogen-bond donors (Lipinski definition) is 6. The van der Waals surface area contributed by atoms with Crippen molar-refractivity contribution in [1.29, 1.82) is 0 Å². The first-order chi connectivity index (χ1) is 39.4. The summed E-state index contributed by atoms with van der Waals surface area (Å²) in [6.45, 7) is 4.33. The van der Waals surface area contributed by atoms with Gasteiger partial charge in [-0.2, -0.15) is 23.5 Å². The van der Waals surface area contributed by atoms with Crippen molar-refractivity contribution < 1.29 is 28.8 Å². The van der Waals surface area contributed by atoms with Crippen molar-refractivity contribution in [3.05, 3.63) is 214 Å². The van der Waals surface area contributed by atoms with Gasteiger partial charge in [-0.1, -0.05) is 170 Å². The molecule has 0 saturated carbocycles. The van der Waals surface area contributed by atoms with E-state index in [9.17, 15) is 28.8 Å². The van der Waals surface area contributed by atoms with E-state index in [0.29, 0.717) is 68.2 Å². The predicted octanol–water partition coefficient (Wildman–Crippen LogP) is 7.72. The maximum atomic E-state index is 14.5. The average molecular weight is 1130 g/mol. The lowest BCUT2D eigenvalue weighted by molar-refractivity contribution is -0.141. The third-order valence-electron chi connectivity index (χ3n) is 15.2. The van der Waals surface area contributed by atoms with Crippen molar-refractivity contribution in [2.24, 2.45) is 0 Å². The SMILES string of the molecule is CN[C@@H](C)C(=O)N[C@@H](CSCc1cccc(Cc2cccc(CSC[C@H](NC(=O)[C@H](C)NC)C(=O)N3CCC[C@H]3C(=O)NC(c3ccccc3)c3ccccc3)c2)c1)C(=O)N1CCC[C@H]1C(=O)NC(c1ccccc1)c1ccccc1. The number of hydrogen-bond acceptors (Lipinski definition) is 10. The van der Waals surface area contributed by atoms with Crippen LogP contribution in [-0.4, -0.2) is 120 Å². The van der Waals surface area contributed by atoms with E-state index in [-0.39, 0.29) is 35.4 Å². The van der Waals surface area contributed by atoms with Crippen molar-refractivity contribution in [2.45, 2.75) is 106 Å². The zero-order chi connectivity index (χ0) is 57.1. The first kappa shape index (κ1) is 59.9. The molecule has 0 radical (unpaired) electrons. The standard InChI is InChI=1S/C65H76N8O6S2/c1-44(66-3)60(74)68-54(64(78)72-35-19-33-56(72)62(76)70-58(50-25-9-5-10-26-50)51-27-11-6-12-28-51)42-80-40-48-23-17-21-46(38-48)37-47-22-18-24-49(39-47)41-81-43-55(69-61(75)45(2)67-4)65(79)73-36-20-34-57(73)63(77)71-59(52-29-13-7-14-30-52)53-31-15-8-16-32-53/h5-18,21-32,38-39,44-45,54-59,66-67H,19-20,33-37,40-43H2,1-4H3,(H,68,74)(H,69,75)(H,70,76)(H,71,77)/t44-,45-,54-,55-,56-,57-/m0/s1. The number of carbonyl (C=O) groups is 6. The predicted molar refractivity (Wildman–Crippen MR) is 324 cm³/mol. The van der Waals surface area contributed by atoms with Crippen LogP contribution in [0.25, 0.3) is 0 Å². The number of thioether (sulfide) groups is 2. The molecule has 6 aromatic rings. The largest absolute Gasteiger partial charge is 0.343 e. The zero-order valence-corrected chi connectivity index (χ0v) is 48.4. The molecule has 16 heteroatoms. The van der Waals surface area contributed by atoms with Gasteiger partial charge in [-0.25, -0.2) is 0 Å². The van der Waals surface area contributed by atoms with Crippen LogP contribution >= 0.6 is 23.5 Å². The Bertz CT molecular complexity index is 2750. The lowest BCUT2D eigenvalue weighted by atomic mass is 9.98. The molecule has 2 saturated heterocycles. The van der Waals surface area contributed by atoms with Crippen LogP contribution < -0.4 is 31.9 Å². The van der Waals surface area contributed by atoms with E-state index in [1.54, 1.807) is 61.3 Å². The average Bonchev–Trinajstić information content (AvgIpc) is 4.23. The summed E-state index contributed by atoms with van der Waals surface area (Å²) in [6.07, 6.45) is 3.07. The maximum Gasteiger partial charge on any atom is 0.246 e. The van der Waals surface area contributed by atoms with Crippen LogP contribution in [0.5, 0.6) is 0 Å². The number of likely N-dealkylation sites (N-methyl/N-ethyl adjacent to an activating group) is 2. The van der Waals surface area contributed by atoms with Crippen molar-refractivity contribution in [2.75, 3.05) is 38.7 Å². The fourth-order valence-electron chi connectivity index (χ4n) is 10.5. The lowest BCUT2D eigenvalue weighted by Gasteiger charge is -2.30. The van der Waals surface area contributed by atoms with Crippen LogP contribution in [0.15, 0.2) is 170 Å². The summed E-state index contributed by atoms with van der Waals surface area (Å²) in [5, 5.41) is 18.5. The van der Waals surface area contributed by atoms with Crippen molar-refractivity contribution in [3.8, 4) is 0 Å². The van der Waals surface area contributed by atoms with Gasteiger partial charge in [-0.05, 0) is 105 Å². The van der Waals surface area contributed by atoms with Crippen molar-refractivity contribution in [1.82, 2.24) is 41.7 Å². The number of amides is 6. The Morgan fingerprint density at radius 3 is 1.12 bits per heavy atom. The van der Waals surface area contributed by atoms with Gasteiger partial charge < -0.3 is 41.7 Å². The number of nitrogens with one attached hydrogen (secondary N) is 6. The van der Waals surface area contributed by atoms with E-state index < -0.39 is 48.3 Å². The van der Waals surface area contributed by atoms with Gasteiger partial charge in [0.15, 0.2) is 0 Å². The minimum absolute atomic E-state index is 0.228. The Hall–Kier alpha value is -7.24. The number of likely N-dealkylation sites (tertiary alicyclic amines) is 2. The Labute approximate surface area is 485 Å². The van der Waals surface area contributed by atoms with E-state index >= 15 is 0 Å². The fourth-order valence-corrected chi connectivity index (χ4v) is 12.5. The van der Waals surface area contributed by atoms with Gasteiger partial charge >= 0.3 is 0 Å². The number of rotatable bonds is 26. The summed E-state index contributed by atoms with van der Waals surface area (Å²) in [4.78, 5) is 87.3. The van der Waals surface area contributed by atoms with Gasteiger partial charge in [0.25, 0.3) is 0 Å². The summed E-state index contributed by atoms with van der Waals surface area (Å²) < 4.78 is 0. The Morgan fingerprint density at radius 2 is 0.790 bits per heavy atom. The van der Waals surface area contributed by atoms with E-state index in [0.717, 1.165) is 44.5 Å². The van der Waals surface area contributed by atoms with Crippen molar-refractivity contribution in [3.63, 3.8) is 0 Å². The Kier molecular flexibility index (Phi) is 22.2. The van der Waals surface area contributed by atoms with Gasteiger partial charge in [0, 0.05) is 36.1 Å². The highest BCUT2D eigenvalue weighted by Crippen LogP contribution is 2.29. The smallest absolute Gasteiger partial charge is 0.246 e. The number of nitrogens with zero attached hydrogens (tertiary/aromatic N) is 2. The summed E-state index contributed by atoms with van der Waals surface area (Å²) in [6, 6.07) is 51.1. The normalized spacial score (nSPS) is 16.6. The molecule has 2 aliphatic rings. The Balaban J connectivity index is 0.878. The third-order valence-corrected chi connectivity index (χ3v) is 17.4. The molecule has 0 unspecified atom stereocenters. The highest BCUT2D eigenvalue weighted by Gasteiger charge is 2.40. The molecule has 2 heterocycles. The van der Waals surface area contributed by atoms with Crippen LogP contribution in [0.3, 0.4) is 0 Å². The second kappa shape index (κ2) is 30.0. The molecule has 0 bridgehead atoms. The first-order valence-electron chi connectivity index (χ1n) is 28.1. The van der Waals surface area contributed by atoms with E-state index in [4.69, 9.17) is 0 Å². The number of carbonyl (C=O) groups excluding carboxylic acids is 6. The van der Waals surface area contributed by atoms with Gasteiger partial charge in [0.2, 0.25) is 35.4 Å². The molecular weight excluding hydrogens is 1050 g/mol. The lowest BCUT2D eigenvalue weighted by Crippen LogP contribution is -2.56. The topological polar surface area (TPSA) is 181 Å². The quantitative estimate of drug-likeness (QED) is 0.0315. The number of benzene rings is 6. The van der Waals surface area contributed by atoms with Gasteiger partial charge in [0.1, 0.15) is 24.2 Å². The summed E-state index contributed by atoms with van der Waals surface area (Å²) in [7, 11) is 3.40. The molecule has 6 amide bonds. The first-order valence-corrected chi connectivity index (χ1v) is 30.4. The highest BCUT2D eigenvalue weighted by atomic mass is 32.2. The molecule has 2 fully saturated rings. The monoisotopic (exact) mass is 1130 g/mol. The van der Waals surface area contributed by atoms with Gasteiger partial charge in [0.05, 0.1) is 24.2 Å². The molecule has 0 aliphatic carbocycles. The second-order valence-corrected chi connectivity index (χ2v) is 23.0. The molecule has 81 heavy (non-hydrogen) atoms. The second-order valence-electron chi connectivity index (χ2n) is 20.9. The Morgan fingerprint density at radius 1 is 0.457 bits per heavy atom. The zero-order valence-electron chi connectivity index (χ0n) is 46.7. The van der Waals surface area contributed by atoms with Gasteiger partial charge in [-0.15, -0.1) is 0 Å². The molecule has 0 aromatic heterocycles. The summed E-state index contributed by atoms with van der Waals surface area (Å²) in [5.74, 6) is 0.243.